The van der Waals surface area contributed by atoms with Crippen molar-refractivity contribution in [1.29, 1.82) is 0 Å². The van der Waals surface area contributed by atoms with Crippen LogP contribution in [0.2, 0.25) is 0 Å². The Bertz CT molecular complexity index is 1370. The van der Waals surface area contributed by atoms with Crippen LogP contribution in [0.4, 0.5) is 17.6 Å². The molecule has 0 atom stereocenters. The van der Waals surface area contributed by atoms with Gasteiger partial charge in [-0.25, -0.2) is 17.6 Å². The van der Waals surface area contributed by atoms with Crippen LogP contribution in [-0.4, -0.2) is 6.61 Å². The van der Waals surface area contributed by atoms with Gasteiger partial charge in [0.05, 0.1) is 6.61 Å². The molecule has 0 unspecified atom stereocenters. The molecule has 33 heavy (non-hydrogen) atoms. The van der Waals surface area contributed by atoms with Crippen LogP contribution in [0, 0.1) is 35.1 Å². The van der Waals surface area contributed by atoms with Crippen molar-refractivity contribution in [1.82, 2.24) is 0 Å². The summed E-state index contributed by atoms with van der Waals surface area (Å²) in [7, 11) is 0. The molecule has 0 fully saturated rings. The van der Waals surface area contributed by atoms with E-state index in [2.05, 4.69) is 11.8 Å². The summed E-state index contributed by atoms with van der Waals surface area (Å²) in [4.78, 5) is 0. The van der Waals surface area contributed by atoms with Gasteiger partial charge in [0.15, 0.2) is 17.5 Å². The third-order valence-electron chi connectivity index (χ3n) is 5.30. The van der Waals surface area contributed by atoms with Crippen LogP contribution >= 0.6 is 0 Å². The quantitative estimate of drug-likeness (QED) is 0.182. The van der Waals surface area contributed by atoms with Gasteiger partial charge in [0.1, 0.15) is 11.6 Å². The number of halogens is 4. The number of ether oxygens (including phenoxy) is 1. The second kappa shape index (κ2) is 9.79. The Hall–Kier alpha value is -3.78. The highest BCUT2D eigenvalue weighted by molar-refractivity contribution is 5.84. The Morgan fingerprint density at radius 2 is 1.42 bits per heavy atom. The Labute approximate surface area is 189 Å². The molecule has 0 aromatic heterocycles. The molecule has 0 aliphatic heterocycles. The Kier molecular flexibility index (Phi) is 6.65. The summed E-state index contributed by atoms with van der Waals surface area (Å²) in [6.07, 6.45) is 1.24. The summed E-state index contributed by atoms with van der Waals surface area (Å²) in [6, 6.07) is 18.0. The topological polar surface area (TPSA) is 9.23 Å². The number of benzene rings is 4. The van der Waals surface area contributed by atoms with Gasteiger partial charge in [-0.2, -0.15) is 0 Å². The number of rotatable bonds is 5. The van der Waals surface area contributed by atoms with E-state index in [0.29, 0.717) is 36.3 Å². The molecular weight excluding hydrogens is 428 g/mol. The third-order valence-corrected chi connectivity index (χ3v) is 5.30. The Balaban J connectivity index is 1.44. The first-order valence-corrected chi connectivity index (χ1v) is 10.5. The average molecular weight is 448 g/mol. The van der Waals surface area contributed by atoms with Crippen molar-refractivity contribution < 1.29 is 22.3 Å². The van der Waals surface area contributed by atoms with Crippen molar-refractivity contribution in [2.45, 2.75) is 19.8 Å². The zero-order chi connectivity index (χ0) is 23.4. The highest BCUT2D eigenvalue weighted by Gasteiger charge is 2.13. The third kappa shape index (κ3) is 5.18. The van der Waals surface area contributed by atoms with Crippen molar-refractivity contribution in [3.8, 4) is 17.6 Å². The van der Waals surface area contributed by atoms with Gasteiger partial charge in [-0.05, 0) is 72.7 Å². The molecule has 4 aromatic carbocycles. The first-order chi connectivity index (χ1) is 15.9. The van der Waals surface area contributed by atoms with Crippen LogP contribution in [0.25, 0.3) is 10.8 Å². The van der Waals surface area contributed by atoms with Gasteiger partial charge in [0, 0.05) is 22.6 Å². The second-order valence-electron chi connectivity index (χ2n) is 7.56. The van der Waals surface area contributed by atoms with Crippen LogP contribution in [0.15, 0.2) is 66.7 Å². The molecule has 0 aliphatic rings. The lowest BCUT2D eigenvalue weighted by Gasteiger charge is -2.07. The lowest BCUT2D eigenvalue weighted by atomic mass is 10.0. The molecule has 5 heteroatoms. The maximum Gasteiger partial charge on any atom is 0.195 e. The molecule has 4 rings (SSSR count). The minimum absolute atomic E-state index is 0.00719. The first kappa shape index (κ1) is 22.4. The molecule has 0 saturated heterocycles. The zero-order valence-electron chi connectivity index (χ0n) is 17.9. The van der Waals surface area contributed by atoms with Gasteiger partial charge < -0.3 is 4.74 Å². The SMILES string of the molecule is CCOc1ccc(CCc2ccc(C#Cc3ccc4c(F)c(F)c(F)cc4c3)cc2)c(F)c1. The van der Waals surface area contributed by atoms with Crippen LogP contribution in [-0.2, 0) is 12.8 Å². The number of fused-ring (bicyclic) bond motifs is 1. The summed E-state index contributed by atoms with van der Waals surface area (Å²) in [5.41, 5.74) is 3.00. The number of aryl methyl sites for hydroxylation is 2. The van der Waals surface area contributed by atoms with E-state index in [1.165, 1.54) is 18.2 Å². The van der Waals surface area contributed by atoms with E-state index < -0.39 is 17.5 Å². The predicted molar refractivity (Wildman–Crippen MR) is 121 cm³/mol. The van der Waals surface area contributed by atoms with Crippen LogP contribution in [0.1, 0.15) is 29.2 Å². The maximum atomic E-state index is 14.2. The smallest absolute Gasteiger partial charge is 0.195 e. The predicted octanol–water partition coefficient (Wildman–Crippen LogP) is 6.98. The monoisotopic (exact) mass is 448 g/mol. The van der Waals surface area contributed by atoms with Crippen LogP contribution in [0.3, 0.4) is 0 Å². The van der Waals surface area contributed by atoms with Crippen LogP contribution in [0.5, 0.6) is 5.75 Å². The van der Waals surface area contributed by atoms with E-state index in [1.807, 2.05) is 31.2 Å². The molecule has 0 bridgehead atoms. The molecule has 0 amide bonds. The van der Waals surface area contributed by atoms with E-state index in [0.717, 1.165) is 17.2 Å². The maximum absolute atomic E-state index is 14.2. The molecule has 0 spiro atoms. The highest BCUT2D eigenvalue weighted by atomic mass is 19.2. The van der Waals surface area contributed by atoms with E-state index in [1.54, 1.807) is 18.2 Å². The lowest BCUT2D eigenvalue weighted by Crippen LogP contribution is -1.97. The van der Waals surface area contributed by atoms with Crippen molar-refractivity contribution in [3.05, 3.63) is 112 Å². The first-order valence-electron chi connectivity index (χ1n) is 10.5. The standard InChI is InChI=1S/C28H20F4O/c1-2-33-23-13-12-21(25(29)17-23)11-9-19-5-3-18(4-6-19)7-8-20-10-14-24-22(15-20)16-26(30)28(32)27(24)31/h3-6,10,12-17H,2,9,11H2,1H3. The molecule has 0 aliphatic carbocycles. The van der Waals surface area contributed by atoms with Crippen LogP contribution < -0.4 is 4.74 Å². The molecule has 1 nitrogen and oxygen atoms in total. The van der Waals surface area contributed by atoms with Gasteiger partial charge in [0.25, 0.3) is 0 Å². The van der Waals surface area contributed by atoms with E-state index >= 15 is 0 Å². The fourth-order valence-electron chi connectivity index (χ4n) is 3.55. The Morgan fingerprint density at radius 3 is 2.15 bits per heavy atom. The summed E-state index contributed by atoms with van der Waals surface area (Å²) in [5.74, 6) is 2.30. The summed E-state index contributed by atoms with van der Waals surface area (Å²) >= 11 is 0. The molecule has 0 heterocycles. The van der Waals surface area contributed by atoms with Crippen molar-refractivity contribution in [2.75, 3.05) is 6.61 Å². The largest absolute Gasteiger partial charge is 0.494 e. The Morgan fingerprint density at radius 1 is 0.697 bits per heavy atom. The van der Waals surface area contributed by atoms with E-state index in [9.17, 15) is 17.6 Å². The number of hydrogen-bond donors (Lipinski definition) is 0. The molecular formula is C28H20F4O. The zero-order valence-corrected chi connectivity index (χ0v) is 17.9. The molecule has 0 N–H and O–H groups in total. The van der Waals surface area contributed by atoms with Gasteiger partial charge in [-0.3, -0.25) is 0 Å². The van der Waals surface area contributed by atoms with Gasteiger partial charge >= 0.3 is 0 Å². The molecule has 0 radical (unpaired) electrons. The minimum Gasteiger partial charge on any atom is -0.494 e. The second-order valence-corrected chi connectivity index (χ2v) is 7.56. The van der Waals surface area contributed by atoms with Crippen molar-refractivity contribution in [2.24, 2.45) is 0 Å². The summed E-state index contributed by atoms with van der Waals surface area (Å²) < 4.78 is 60.2. The molecule has 166 valence electrons. The van der Waals surface area contributed by atoms with Gasteiger partial charge in [0.2, 0.25) is 0 Å². The number of hydrogen-bond acceptors (Lipinski definition) is 1. The van der Waals surface area contributed by atoms with Gasteiger partial charge in [-0.1, -0.05) is 36.1 Å². The van der Waals surface area contributed by atoms with E-state index in [4.69, 9.17) is 4.74 Å². The fourth-order valence-corrected chi connectivity index (χ4v) is 3.55. The summed E-state index contributed by atoms with van der Waals surface area (Å²) in [6.45, 7) is 2.35. The molecule has 4 aromatic rings. The molecule has 0 saturated carbocycles. The minimum atomic E-state index is -1.48. The average Bonchev–Trinajstić information content (AvgIpc) is 2.81. The van der Waals surface area contributed by atoms with Crippen molar-refractivity contribution >= 4 is 10.8 Å². The summed E-state index contributed by atoms with van der Waals surface area (Å²) in [5, 5.41) is 0.253. The lowest BCUT2D eigenvalue weighted by molar-refractivity contribution is 0.338. The van der Waals surface area contributed by atoms with E-state index in [-0.39, 0.29) is 16.6 Å². The fraction of sp³-hybridized carbons (Fsp3) is 0.143. The normalized spacial score (nSPS) is 10.7. The van der Waals surface area contributed by atoms with Gasteiger partial charge in [-0.15, -0.1) is 0 Å². The van der Waals surface area contributed by atoms with Crippen molar-refractivity contribution in [3.63, 3.8) is 0 Å². The highest BCUT2D eigenvalue weighted by Crippen LogP contribution is 2.24.